The lowest BCUT2D eigenvalue weighted by Gasteiger charge is -2.41. The van der Waals surface area contributed by atoms with Gasteiger partial charge < -0.3 is 10.6 Å². The molecule has 1 rings (SSSR count). The minimum Gasteiger partial charge on any atom is -0.330 e. The summed E-state index contributed by atoms with van der Waals surface area (Å²) in [5.41, 5.74) is 5.85. The Morgan fingerprint density at radius 1 is 1.36 bits per heavy atom. The number of nitrogens with two attached hydrogens (primary N) is 1. The molecule has 0 aromatic heterocycles. The quantitative estimate of drug-likeness (QED) is 0.752. The van der Waals surface area contributed by atoms with Crippen LogP contribution in [0.4, 0.5) is 0 Å². The topological polar surface area (TPSA) is 29.3 Å². The van der Waals surface area contributed by atoms with Crippen LogP contribution in [0.1, 0.15) is 40.0 Å². The van der Waals surface area contributed by atoms with Crippen LogP contribution < -0.4 is 5.73 Å². The van der Waals surface area contributed by atoms with Crippen molar-refractivity contribution in [3.05, 3.63) is 0 Å². The molecule has 0 amide bonds. The zero-order chi connectivity index (χ0) is 10.7. The Bertz CT molecular complexity index is 166. The molecular weight excluding hydrogens is 172 g/mol. The molecule has 0 bridgehead atoms. The van der Waals surface area contributed by atoms with Crippen LogP contribution in [0, 0.1) is 11.8 Å². The fourth-order valence-corrected chi connectivity index (χ4v) is 2.57. The van der Waals surface area contributed by atoms with Gasteiger partial charge in [0.05, 0.1) is 0 Å². The van der Waals surface area contributed by atoms with E-state index >= 15 is 0 Å². The van der Waals surface area contributed by atoms with Crippen molar-refractivity contribution in [1.29, 1.82) is 0 Å². The van der Waals surface area contributed by atoms with Crippen molar-refractivity contribution in [3.8, 4) is 0 Å². The molecule has 0 aliphatic heterocycles. The Morgan fingerprint density at radius 3 is 2.50 bits per heavy atom. The molecule has 14 heavy (non-hydrogen) atoms. The molecule has 2 N–H and O–H groups in total. The first-order chi connectivity index (χ1) is 6.56. The second kappa shape index (κ2) is 5.13. The van der Waals surface area contributed by atoms with E-state index in [9.17, 15) is 0 Å². The van der Waals surface area contributed by atoms with Crippen molar-refractivity contribution >= 4 is 0 Å². The van der Waals surface area contributed by atoms with Crippen LogP contribution in [0.3, 0.4) is 0 Å². The fourth-order valence-electron chi connectivity index (χ4n) is 2.57. The molecule has 2 nitrogen and oxygen atoms in total. The van der Waals surface area contributed by atoms with E-state index in [0.717, 1.165) is 18.4 Å². The molecule has 84 valence electrons. The maximum Gasteiger partial charge on any atom is 0.0138 e. The summed E-state index contributed by atoms with van der Waals surface area (Å²) in [6, 6.07) is 1.35. The summed E-state index contributed by atoms with van der Waals surface area (Å²) in [5, 5.41) is 0. The predicted molar refractivity (Wildman–Crippen MR) is 62.2 cm³/mol. The minimum atomic E-state index is 0.638. The Balaban J connectivity index is 2.60. The molecule has 2 heteroatoms. The molecule has 0 radical (unpaired) electrons. The van der Waals surface area contributed by atoms with Crippen LogP contribution >= 0.6 is 0 Å². The first kappa shape index (κ1) is 12.0. The van der Waals surface area contributed by atoms with Crippen molar-refractivity contribution in [1.82, 2.24) is 4.90 Å². The van der Waals surface area contributed by atoms with Crippen LogP contribution in [0.15, 0.2) is 0 Å². The van der Waals surface area contributed by atoms with Gasteiger partial charge >= 0.3 is 0 Å². The second-order valence-corrected chi connectivity index (χ2v) is 5.24. The Morgan fingerprint density at radius 2 is 2.00 bits per heavy atom. The van der Waals surface area contributed by atoms with Crippen molar-refractivity contribution in [3.63, 3.8) is 0 Å². The smallest absolute Gasteiger partial charge is 0.0138 e. The highest BCUT2D eigenvalue weighted by Crippen LogP contribution is 2.31. The molecule has 0 spiro atoms. The summed E-state index contributed by atoms with van der Waals surface area (Å²) in [5.74, 6) is 1.60. The van der Waals surface area contributed by atoms with E-state index < -0.39 is 0 Å². The predicted octanol–water partition coefficient (Wildman–Crippen LogP) is 2.09. The van der Waals surface area contributed by atoms with Gasteiger partial charge in [-0.25, -0.2) is 0 Å². The monoisotopic (exact) mass is 198 g/mol. The normalized spacial score (nSPS) is 34.1. The third-order valence-corrected chi connectivity index (χ3v) is 3.86. The molecule has 0 aromatic rings. The summed E-state index contributed by atoms with van der Waals surface area (Å²) in [7, 11) is 2.25. The lowest BCUT2D eigenvalue weighted by atomic mass is 9.78. The number of nitrogens with zero attached hydrogens (tertiary/aromatic N) is 1. The highest BCUT2D eigenvalue weighted by molar-refractivity contribution is 4.86. The molecule has 1 saturated carbocycles. The van der Waals surface area contributed by atoms with E-state index in [0.29, 0.717) is 12.1 Å². The Kier molecular flexibility index (Phi) is 4.39. The Labute approximate surface area is 88.8 Å². The SMILES string of the molecule is CC1CCC(CN)C(N(C)C(C)C)C1. The third kappa shape index (κ3) is 2.71. The summed E-state index contributed by atoms with van der Waals surface area (Å²) in [6.07, 6.45) is 4.01. The molecule has 1 fully saturated rings. The summed E-state index contributed by atoms with van der Waals surface area (Å²) in [4.78, 5) is 2.51. The van der Waals surface area contributed by atoms with E-state index in [1.54, 1.807) is 0 Å². The average molecular weight is 198 g/mol. The van der Waals surface area contributed by atoms with Gasteiger partial charge in [0, 0.05) is 12.1 Å². The Hall–Kier alpha value is -0.0800. The van der Waals surface area contributed by atoms with Gasteiger partial charge in [-0.2, -0.15) is 0 Å². The van der Waals surface area contributed by atoms with Gasteiger partial charge in [-0.05, 0) is 52.1 Å². The highest BCUT2D eigenvalue weighted by Gasteiger charge is 2.31. The maximum absolute atomic E-state index is 5.85. The van der Waals surface area contributed by atoms with Gasteiger partial charge in [-0.15, -0.1) is 0 Å². The third-order valence-electron chi connectivity index (χ3n) is 3.86. The average Bonchev–Trinajstić information content (AvgIpc) is 2.16. The van der Waals surface area contributed by atoms with E-state index in [2.05, 4.69) is 32.7 Å². The van der Waals surface area contributed by atoms with E-state index in [1.807, 2.05) is 0 Å². The van der Waals surface area contributed by atoms with Crippen LogP contribution in [-0.4, -0.2) is 30.6 Å². The number of rotatable bonds is 3. The van der Waals surface area contributed by atoms with Crippen molar-refractivity contribution in [2.24, 2.45) is 17.6 Å². The first-order valence-corrected chi connectivity index (χ1v) is 5.98. The van der Waals surface area contributed by atoms with E-state index in [-0.39, 0.29) is 0 Å². The van der Waals surface area contributed by atoms with Crippen LogP contribution in [-0.2, 0) is 0 Å². The number of hydrogen-bond acceptors (Lipinski definition) is 2. The van der Waals surface area contributed by atoms with Crippen LogP contribution in [0.5, 0.6) is 0 Å². The fraction of sp³-hybridized carbons (Fsp3) is 1.00. The molecule has 0 aromatic carbocycles. The molecule has 0 saturated heterocycles. The van der Waals surface area contributed by atoms with Gasteiger partial charge in [0.1, 0.15) is 0 Å². The molecule has 3 atom stereocenters. The second-order valence-electron chi connectivity index (χ2n) is 5.24. The summed E-state index contributed by atoms with van der Waals surface area (Å²) in [6.45, 7) is 7.77. The van der Waals surface area contributed by atoms with Crippen molar-refractivity contribution in [2.45, 2.75) is 52.1 Å². The first-order valence-electron chi connectivity index (χ1n) is 5.98. The molecule has 1 aliphatic carbocycles. The molecule has 0 heterocycles. The largest absolute Gasteiger partial charge is 0.330 e. The highest BCUT2D eigenvalue weighted by atomic mass is 15.2. The lowest BCUT2D eigenvalue weighted by molar-refractivity contribution is 0.0850. The van der Waals surface area contributed by atoms with Gasteiger partial charge in [0.15, 0.2) is 0 Å². The van der Waals surface area contributed by atoms with E-state index in [1.165, 1.54) is 19.3 Å². The van der Waals surface area contributed by atoms with E-state index in [4.69, 9.17) is 5.73 Å². The summed E-state index contributed by atoms with van der Waals surface area (Å²) < 4.78 is 0. The zero-order valence-electron chi connectivity index (χ0n) is 10.2. The summed E-state index contributed by atoms with van der Waals surface area (Å²) >= 11 is 0. The minimum absolute atomic E-state index is 0.638. The van der Waals surface area contributed by atoms with Gasteiger partial charge in [0.25, 0.3) is 0 Å². The van der Waals surface area contributed by atoms with Gasteiger partial charge in [-0.1, -0.05) is 13.3 Å². The molecule has 1 aliphatic rings. The van der Waals surface area contributed by atoms with Crippen molar-refractivity contribution in [2.75, 3.05) is 13.6 Å². The molecular formula is C12H26N2. The maximum atomic E-state index is 5.85. The zero-order valence-corrected chi connectivity index (χ0v) is 10.2. The van der Waals surface area contributed by atoms with Crippen LogP contribution in [0.2, 0.25) is 0 Å². The molecule has 3 unspecified atom stereocenters. The van der Waals surface area contributed by atoms with Gasteiger partial charge in [0.2, 0.25) is 0 Å². The number of hydrogen-bond donors (Lipinski definition) is 1. The lowest BCUT2D eigenvalue weighted by Crippen LogP contribution is -2.47. The van der Waals surface area contributed by atoms with Crippen LogP contribution in [0.25, 0.3) is 0 Å². The van der Waals surface area contributed by atoms with Crippen molar-refractivity contribution < 1.29 is 0 Å². The standard InChI is InChI=1S/C12H26N2/c1-9(2)14(4)12-7-10(3)5-6-11(12)8-13/h9-12H,5-8,13H2,1-4H3. The van der Waals surface area contributed by atoms with Gasteiger partial charge in [-0.3, -0.25) is 0 Å².